The fourth-order valence-electron chi connectivity index (χ4n) is 3.61. The van der Waals surface area contributed by atoms with Crippen LogP contribution in [0.5, 0.6) is 11.5 Å². The van der Waals surface area contributed by atoms with Gasteiger partial charge in [-0.25, -0.2) is 4.98 Å². The summed E-state index contributed by atoms with van der Waals surface area (Å²) in [5.74, 6) is 3.35. The van der Waals surface area contributed by atoms with Crippen LogP contribution in [0.3, 0.4) is 0 Å². The zero-order chi connectivity index (χ0) is 22.2. The van der Waals surface area contributed by atoms with Gasteiger partial charge in [0.2, 0.25) is 0 Å². The highest BCUT2D eigenvalue weighted by atomic mass is 127. The molecule has 0 amide bonds. The molecule has 1 aliphatic rings. The average molecular weight is 555 g/mol. The van der Waals surface area contributed by atoms with E-state index in [9.17, 15) is 0 Å². The lowest BCUT2D eigenvalue weighted by atomic mass is 10.2. The van der Waals surface area contributed by atoms with Gasteiger partial charge in [-0.1, -0.05) is 6.07 Å². The van der Waals surface area contributed by atoms with Crippen LogP contribution in [-0.2, 0) is 17.8 Å². The second-order valence-electron chi connectivity index (χ2n) is 7.59. The lowest BCUT2D eigenvalue weighted by molar-refractivity contribution is 0.0529. The van der Waals surface area contributed by atoms with Crippen molar-refractivity contribution in [3.63, 3.8) is 0 Å². The number of aliphatic imine (C=N–C) groups is 1. The smallest absolute Gasteiger partial charge is 0.193 e. The Morgan fingerprint density at radius 1 is 1.28 bits per heavy atom. The first kappa shape index (κ1) is 26.0. The third-order valence-corrected chi connectivity index (χ3v) is 5.30. The number of pyridine rings is 1. The molecule has 0 radical (unpaired) electrons. The molecule has 1 fully saturated rings. The number of hydrogen-bond donors (Lipinski definition) is 1. The topological polar surface area (TPSA) is 71.5 Å². The minimum atomic E-state index is 0. The molecular formula is C23H34IN5O3. The Kier molecular flexibility index (Phi) is 10.3. The fourth-order valence-corrected chi connectivity index (χ4v) is 3.61. The molecule has 0 spiro atoms. The first-order valence-corrected chi connectivity index (χ1v) is 10.5. The number of ether oxygens (including phenoxy) is 3. The van der Waals surface area contributed by atoms with Crippen molar-refractivity contribution in [2.45, 2.75) is 26.1 Å². The molecule has 1 N–H and O–H groups in total. The van der Waals surface area contributed by atoms with E-state index >= 15 is 0 Å². The molecule has 9 heteroatoms. The van der Waals surface area contributed by atoms with E-state index in [1.807, 2.05) is 31.4 Å². The van der Waals surface area contributed by atoms with Gasteiger partial charge in [-0.15, -0.1) is 24.0 Å². The summed E-state index contributed by atoms with van der Waals surface area (Å²) in [5, 5.41) is 3.41. The zero-order valence-corrected chi connectivity index (χ0v) is 21.8. The van der Waals surface area contributed by atoms with Gasteiger partial charge in [0.05, 0.1) is 26.9 Å². The van der Waals surface area contributed by atoms with Crippen molar-refractivity contribution in [3.8, 4) is 11.5 Å². The van der Waals surface area contributed by atoms with Crippen molar-refractivity contribution in [2.75, 3.05) is 52.9 Å². The van der Waals surface area contributed by atoms with Gasteiger partial charge in [-0.05, 0) is 30.7 Å². The van der Waals surface area contributed by atoms with Crippen LogP contribution in [0.2, 0.25) is 0 Å². The van der Waals surface area contributed by atoms with Crippen molar-refractivity contribution < 1.29 is 14.2 Å². The maximum absolute atomic E-state index is 5.61. The number of nitrogens with zero attached hydrogens (tertiary/aromatic N) is 4. The Morgan fingerprint density at radius 2 is 2.09 bits per heavy atom. The number of nitrogens with one attached hydrogen (secondary N) is 1. The summed E-state index contributed by atoms with van der Waals surface area (Å²) in [7, 11) is 7.10. The SMILES string of the molecule is CN=C(NCc1ccc(N2CCOC(C)C2)nc1)N(C)Cc1ccc(OC)cc1OC.I. The third kappa shape index (κ3) is 6.86. The number of anilines is 1. The van der Waals surface area contributed by atoms with Crippen LogP contribution in [0.15, 0.2) is 41.5 Å². The fraction of sp³-hybridized carbons (Fsp3) is 0.478. The Hall–Kier alpha value is -2.27. The molecular weight excluding hydrogens is 521 g/mol. The minimum absolute atomic E-state index is 0. The Bertz CT molecular complexity index is 878. The molecule has 32 heavy (non-hydrogen) atoms. The van der Waals surface area contributed by atoms with Crippen molar-refractivity contribution in [1.82, 2.24) is 15.2 Å². The quantitative estimate of drug-likeness (QED) is 0.320. The molecule has 1 atom stereocenters. The summed E-state index contributed by atoms with van der Waals surface area (Å²) in [5.41, 5.74) is 2.15. The highest BCUT2D eigenvalue weighted by Gasteiger charge is 2.18. The average Bonchev–Trinajstić information content (AvgIpc) is 2.80. The van der Waals surface area contributed by atoms with E-state index in [4.69, 9.17) is 14.2 Å². The normalized spacial score (nSPS) is 16.2. The molecule has 3 rings (SSSR count). The number of halogens is 1. The van der Waals surface area contributed by atoms with Gasteiger partial charge in [0.15, 0.2) is 5.96 Å². The molecule has 1 aromatic carbocycles. The van der Waals surface area contributed by atoms with Crippen LogP contribution >= 0.6 is 24.0 Å². The first-order chi connectivity index (χ1) is 15.0. The van der Waals surface area contributed by atoms with Crippen molar-refractivity contribution in [2.24, 2.45) is 4.99 Å². The van der Waals surface area contributed by atoms with Crippen LogP contribution in [0.1, 0.15) is 18.1 Å². The van der Waals surface area contributed by atoms with Crippen LogP contribution in [0.4, 0.5) is 5.82 Å². The Balaban J connectivity index is 0.00000363. The van der Waals surface area contributed by atoms with Gasteiger partial charge in [-0.2, -0.15) is 0 Å². The highest BCUT2D eigenvalue weighted by Crippen LogP contribution is 2.25. The van der Waals surface area contributed by atoms with E-state index in [0.717, 1.165) is 54.1 Å². The Morgan fingerprint density at radius 3 is 2.72 bits per heavy atom. The number of benzene rings is 1. The standard InChI is InChI=1S/C23H33N5O3.HI/c1-17-15-28(10-11-31-17)22-9-6-18(13-25-22)14-26-23(24-2)27(3)16-19-7-8-20(29-4)12-21(19)30-5;/h6-9,12-13,17H,10-11,14-16H2,1-5H3,(H,24,26);1H. The predicted molar refractivity (Wildman–Crippen MR) is 138 cm³/mol. The molecule has 8 nitrogen and oxygen atoms in total. The molecule has 2 heterocycles. The van der Waals surface area contributed by atoms with E-state index < -0.39 is 0 Å². The summed E-state index contributed by atoms with van der Waals surface area (Å²) in [6.07, 6.45) is 2.16. The van der Waals surface area contributed by atoms with E-state index in [1.165, 1.54) is 0 Å². The maximum Gasteiger partial charge on any atom is 0.193 e. The number of morpholine rings is 1. The number of hydrogen-bond acceptors (Lipinski definition) is 6. The van der Waals surface area contributed by atoms with Crippen LogP contribution < -0.4 is 19.7 Å². The summed E-state index contributed by atoms with van der Waals surface area (Å²) in [6.45, 7) is 5.88. The van der Waals surface area contributed by atoms with Crippen molar-refractivity contribution in [1.29, 1.82) is 0 Å². The van der Waals surface area contributed by atoms with Gasteiger partial charge in [0.25, 0.3) is 0 Å². The van der Waals surface area contributed by atoms with Gasteiger partial charge >= 0.3 is 0 Å². The van der Waals surface area contributed by atoms with Crippen molar-refractivity contribution >= 4 is 35.8 Å². The minimum Gasteiger partial charge on any atom is -0.497 e. The molecule has 1 saturated heterocycles. The van der Waals surface area contributed by atoms with Crippen LogP contribution in [0.25, 0.3) is 0 Å². The maximum atomic E-state index is 5.61. The molecule has 0 saturated carbocycles. The van der Waals surface area contributed by atoms with E-state index in [0.29, 0.717) is 13.1 Å². The largest absolute Gasteiger partial charge is 0.497 e. The van der Waals surface area contributed by atoms with E-state index in [1.54, 1.807) is 21.3 Å². The van der Waals surface area contributed by atoms with Gasteiger partial charge < -0.3 is 29.3 Å². The van der Waals surface area contributed by atoms with Crippen molar-refractivity contribution in [3.05, 3.63) is 47.7 Å². The molecule has 0 bridgehead atoms. The molecule has 176 valence electrons. The molecule has 2 aromatic rings. The first-order valence-electron chi connectivity index (χ1n) is 10.5. The number of methoxy groups -OCH3 is 2. The lowest BCUT2D eigenvalue weighted by Gasteiger charge is -2.32. The second-order valence-corrected chi connectivity index (χ2v) is 7.59. The summed E-state index contributed by atoms with van der Waals surface area (Å²) >= 11 is 0. The van der Waals surface area contributed by atoms with Gasteiger partial charge in [0.1, 0.15) is 17.3 Å². The second kappa shape index (κ2) is 12.7. The summed E-state index contributed by atoms with van der Waals surface area (Å²) in [4.78, 5) is 13.4. The number of rotatable bonds is 7. The summed E-state index contributed by atoms with van der Waals surface area (Å²) in [6, 6.07) is 10.0. The molecule has 1 aliphatic heterocycles. The molecule has 1 unspecified atom stereocenters. The van der Waals surface area contributed by atoms with E-state index in [2.05, 4.69) is 44.1 Å². The summed E-state index contributed by atoms with van der Waals surface area (Å²) < 4.78 is 16.4. The third-order valence-electron chi connectivity index (χ3n) is 5.30. The van der Waals surface area contributed by atoms with Crippen LogP contribution in [0, 0.1) is 0 Å². The number of guanidine groups is 1. The van der Waals surface area contributed by atoms with Gasteiger partial charge in [0, 0.05) is 58.1 Å². The van der Waals surface area contributed by atoms with Crippen LogP contribution in [-0.4, -0.2) is 70.0 Å². The zero-order valence-electron chi connectivity index (χ0n) is 19.5. The Labute approximate surface area is 208 Å². The number of aromatic nitrogens is 1. The predicted octanol–water partition coefficient (Wildman–Crippen LogP) is 3.15. The molecule has 1 aromatic heterocycles. The highest BCUT2D eigenvalue weighted by molar-refractivity contribution is 14.0. The van der Waals surface area contributed by atoms with Gasteiger partial charge in [-0.3, -0.25) is 4.99 Å². The van der Waals surface area contributed by atoms with E-state index in [-0.39, 0.29) is 30.1 Å². The monoisotopic (exact) mass is 555 g/mol. The molecule has 0 aliphatic carbocycles. The lowest BCUT2D eigenvalue weighted by Crippen LogP contribution is -2.41.